The van der Waals surface area contributed by atoms with Crippen LogP contribution in [0.25, 0.3) is 0 Å². The molecule has 10 nitrogen and oxygen atoms in total. The minimum Gasteiger partial charge on any atom is -0.493 e. The van der Waals surface area contributed by atoms with Crippen molar-refractivity contribution in [1.82, 2.24) is 0 Å². The average molecular weight is 1290 g/mol. The highest BCUT2D eigenvalue weighted by atomic mass is 79.9. The molecular weight excluding hydrogens is 1190 g/mol. The molecule has 0 amide bonds. The van der Waals surface area contributed by atoms with Crippen LogP contribution >= 0.6 is 15.9 Å². The number of hydrogen-bond acceptors (Lipinski definition) is 10. The molecule has 0 aromatic heterocycles. The summed E-state index contributed by atoms with van der Waals surface area (Å²) in [6, 6.07) is 52.3. The van der Waals surface area contributed by atoms with E-state index in [0.29, 0.717) is 66.1 Å². The number of alkyl halides is 1. The van der Waals surface area contributed by atoms with Gasteiger partial charge in [0.25, 0.3) is 0 Å². The van der Waals surface area contributed by atoms with Crippen LogP contribution in [-0.4, -0.2) is 71.4 Å². The Hall–Kier alpha value is -6.98. The van der Waals surface area contributed by atoms with Gasteiger partial charge in [-0.1, -0.05) is 148 Å². The van der Waals surface area contributed by atoms with Crippen LogP contribution in [0.3, 0.4) is 0 Å². The largest absolute Gasteiger partial charge is 0.493 e. The number of ether oxygens (including phenoxy) is 10. The van der Waals surface area contributed by atoms with E-state index in [1.54, 1.807) is 0 Å². The van der Waals surface area contributed by atoms with Crippen molar-refractivity contribution in [2.45, 2.75) is 169 Å². The Morgan fingerprint density at radius 2 is 0.400 bits per heavy atom. The Bertz CT molecular complexity index is 2800. The van der Waals surface area contributed by atoms with E-state index in [9.17, 15) is 0 Å². The maximum Gasteiger partial charge on any atom is 0.123 e. The minimum atomic E-state index is 0.0947. The fraction of sp³-hybridized carbons (Fsp3) is 0.468. The van der Waals surface area contributed by atoms with Crippen molar-refractivity contribution >= 4 is 15.9 Å². The second-order valence-corrected chi connectivity index (χ2v) is 28.2. The predicted molar refractivity (Wildman–Crippen MR) is 372 cm³/mol. The lowest BCUT2D eigenvalue weighted by Crippen LogP contribution is -2.11. The molecule has 0 bridgehead atoms. The summed E-state index contributed by atoms with van der Waals surface area (Å²) in [5, 5.41) is 0.914. The van der Waals surface area contributed by atoms with Crippen LogP contribution in [0.5, 0.6) is 57.5 Å². The van der Waals surface area contributed by atoms with Crippen molar-refractivity contribution < 1.29 is 47.4 Å². The Labute approximate surface area is 548 Å². The third-order valence-corrected chi connectivity index (χ3v) is 15.9. The van der Waals surface area contributed by atoms with Gasteiger partial charge in [-0.25, -0.2) is 0 Å². The van der Waals surface area contributed by atoms with Crippen molar-refractivity contribution in [3.63, 3.8) is 0 Å². The fourth-order valence-electron chi connectivity index (χ4n) is 9.99. The van der Waals surface area contributed by atoms with Crippen LogP contribution < -0.4 is 47.4 Å². The molecule has 0 spiro atoms. The van der Waals surface area contributed by atoms with Gasteiger partial charge in [-0.3, -0.25) is 0 Å². The van der Waals surface area contributed by atoms with E-state index in [1.165, 1.54) is 27.8 Å². The van der Waals surface area contributed by atoms with E-state index in [0.717, 1.165) is 138 Å². The van der Waals surface area contributed by atoms with Crippen LogP contribution in [0.2, 0.25) is 0 Å². The quantitative estimate of drug-likeness (QED) is 0.0277. The van der Waals surface area contributed by atoms with Gasteiger partial charge in [-0.2, -0.15) is 0 Å². The van der Waals surface area contributed by atoms with Gasteiger partial charge < -0.3 is 47.4 Å². The molecule has 0 aliphatic rings. The fourth-order valence-corrected chi connectivity index (χ4v) is 10.3. The van der Waals surface area contributed by atoms with Gasteiger partial charge in [0, 0.05) is 49.2 Å². The molecule has 0 aliphatic heterocycles. The zero-order valence-corrected chi connectivity index (χ0v) is 57.8. The molecule has 486 valence electrons. The number of aryl methyl sites for hydroxylation is 3. The normalized spacial score (nSPS) is 11.9. The molecule has 0 heterocycles. The van der Waals surface area contributed by atoms with E-state index in [-0.39, 0.29) is 21.7 Å². The van der Waals surface area contributed by atoms with Crippen molar-refractivity contribution in [2.75, 3.05) is 71.4 Å². The van der Waals surface area contributed by atoms with Crippen molar-refractivity contribution in [2.24, 2.45) is 0 Å². The Kier molecular flexibility index (Phi) is 27.4. The highest BCUT2D eigenvalue weighted by molar-refractivity contribution is 9.09. The van der Waals surface area contributed by atoms with Crippen molar-refractivity contribution in [3.8, 4) is 57.5 Å². The topological polar surface area (TPSA) is 92.3 Å². The predicted octanol–water partition coefficient (Wildman–Crippen LogP) is 19.6. The molecule has 7 aromatic carbocycles. The summed E-state index contributed by atoms with van der Waals surface area (Å²) in [4.78, 5) is 0. The van der Waals surface area contributed by atoms with Gasteiger partial charge in [0.2, 0.25) is 0 Å². The molecule has 7 aromatic rings. The van der Waals surface area contributed by atoms with Crippen molar-refractivity contribution in [3.05, 3.63) is 191 Å². The molecule has 0 unspecified atom stereocenters. The van der Waals surface area contributed by atoms with Crippen LogP contribution in [0.15, 0.2) is 152 Å². The van der Waals surface area contributed by atoms with Gasteiger partial charge in [0.15, 0.2) is 0 Å². The summed E-state index contributed by atoms with van der Waals surface area (Å²) in [7, 11) is 0. The van der Waals surface area contributed by atoms with Crippen LogP contribution in [0.4, 0.5) is 0 Å². The molecule has 90 heavy (non-hydrogen) atoms. The third-order valence-electron chi connectivity index (χ3n) is 15.4. The number of benzene rings is 7. The van der Waals surface area contributed by atoms with Crippen LogP contribution in [0, 0.1) is 0 Å². The van der Waals surface area contributed by atoms with E-state index in [4.69, 9.17) is 47.4 Å². The first-order valence-electron chi connectivity index (χ1n) is 32.7. The van der Waals surface area contributed by atoms with Gasteiger partial charge in [-0.05, 0) is 184 Å². The smallest absolute Gasteiger partial charge is 0.123 e. The maximum atomic E-state index is 6.50. The summed E-state index contributed by atoms with van der Waals surface area (Å²) in [5.74, 6) is 8.16. The monoisotopic (exact) mass is 1290 g/mol. The lowest BCUT2D eigenvalue weighted by Gasteiger charge is -2.19. The molecule has 0 fully saturated rings. The van der Waals surface area contributed by atoms with Crippen LogP contribution in [-0.2, 0) is 40.9 Å². The Morgan fingerprint density at radius 1 is 0.222 bits per heavy atom. The second-order valence-electron chi connectivity index (χ2n) is 27.4. The minimum absolute atomic E-state index is 0.0947. The molecule has 0 aliphatic carbocycles. The zero-order valence-electron chi connectivity index (χ0n) is 56.2. The van der Waals surface area contributed by atoms with Gasteiger partial charge >= 0.3 is 0 Å². The molecule has 0 saturated carbocycles. The molecular formula is C79H103BrO10. The highest BCUT2D eigenvalue weighted by Crippen LogP contribution is 2.32. The van der Waals surface area contributed by atoms with Crippen molar-refractivity contribution in [1.29, 1.82) is 0 Å². The Morgan fingerprint density at radius 3 is 0.589 bits per heavy atom. The molecule has 7 rings (SSSR count). The van der Waals surface area contributed by atoms with Gasteiger partial charge in [0.05, 0.1) is 66.1 Å². The maximum absolute atomic E-state index is 6.50. The summed E-state index contributed by atoms with van der Waals surface area (Å²) < 4.78 is 62.7. The summed E-state index contributed by atoms with van der Waals surface area (Å²) in [6.07, 6.45) is 8.01. The average Bonchev–Trinajstić information content (AvgIpc) is 3.69. The van der Waals surface area contributed by atoms with E-state index >= 15 is 0 Å². The third kappa shape index (κ3) is 25.4. The number of halogens is 1. The zero-order chi connectivity index (χ0) is 64.4. The molecule has 0 atom stereocenters. The lowest BCUT2D eigenvalue weighted by molar-refractivity contribution is 0.239. The second kappa shape index (κ2) is 35.0. The first kappa shape index (κ1) is 70.5. The summed E-state index contributed by atoms with van der Waals surface area (Å²) >= 11 is 3.64. The summed E-state index contributed by atoms with van der Waals surface area (Å²) in [5.41, 5.74) is 8.93. The van der Waals surface area contributed by atoms with E-state index in [2.05, 4.69) is 184 Å². The van der Waals surface area contributed by atoms with Crippen LogP contribution in [0.1, 0.15) is 167 Å². The highest BCUT2D eigenvalue weighted by Gasteiger charge is 2.17. The first-order valence-corrected chi connectivity index (χ1v) is 33.9. The molecule has 0 radical (unpaired) electrons. The van der Waals surface area contributed by atoms with E-state index in [1.807, 2.05) is 66.7 Å². The molecule has 11 heteroatoms. The molecule has 0 saturated heterocycles. The Balaban J connectivity index is 0.917. The van der Waals surface area contributed by atoms with Gasteiger partial charge in [-0.15, -0.1) is 0 Å². The SMILES string of the molecule is CC(C)(C)c1ccc(OCCCOc2cc(CCCOc3cc(CCCBr)cc(OCCCc4cc(OCCCOc5ccc(C(C)(C)C)cc5)cc(OCCCOc5ccc(C(C)(C)C)cc5)c4)c3)cc(OCCCOc3ccc(C(C)(C)C)cc3)c2)cc1. The number of rotatable bonds is 37. The number of hydrogen-bond donors (Lipinski definition) is 0. The first-order chi connectivity index (χ1) is 43.0. The lowest BCUT2D eigenvalue weighted by atomic mass is 9.87. The standard InChI is InChI=1S/C79H103BrO10/c1-76(2,3)62-23-31-66(32-24-62)81-42-16-46-87-72-52-60(53-73(57-72)88-47-17-43-82-67-33-25-63(26-34-67)77(4,5)6)21-14-40-85-70-50-59(20-13-39-80)51-71(56-70)86-41-15-22-61-54-74(89-48-18-44-83-68-35-27-64(28-36-68)78(7,8)9)58-75(55-61)90-49-19-45-84-69-37-29-65(30-38-69)79(10,11)12/h23-38,50-58H,13-22,39-49H2,1-12H3. The summed E-state index contributed by atoms with van der Waals surface area (Å²) in [6.45, 7) is 31.9. The van der Waals surface area contributed by atoms with Gasteiger partial charge in [0.1, 0.15) is 57.5 Å². The molecule has 0 N–H and O–H groups in total. The van der Waals surface area contributed by atoms with E-state index < -0.39 is 0 Å².